The highest BCUT2D eigenvalue weighted by Crippen LogP contribution is 2.61. The van der Waals surface area contributed by atoms with Gasteiger partial charge in [0.1, 0.15) is 11.2 Å². The molecule has 0 bridgehead atoms. The van der Waals surface area contributed by atoms with E-state index in [2.05, 4.69) is 216 Å². The third-order valence-corrected chi connectivity index (χ3v) is 15.0. The van der Waals surface area contributed by atoms with E-state index in [9.17, 15) is 0 Å². The fraction of sp³-hybridized carbons (Fsp3) is 0.172. The van der Waals surface area contributed by atoms with Gasteiger partial charge in [0.15, 0.2) is 0 Å². The van der Waals surface area contributed by atoms with Crippen molar-refractivity contribution < 1.29 is 4.42 Å². The van der Waals surface area contributed by atoms with Crippen molar-refractivity contribution in [2.45, 2.75) is 64.7 Å². The average Bonchev–Trinajstić information content (AvgIpc) is 3.75. The van der Waals surface area contributed by atoms with Gasteiger partial charge in [-0.3, -0.25) is 0 Å². The van der Waals surface area contributed by atoms with Gasteiger partial charge in [0.2, 0.25) is 0 Å². The third-order valence-electron chi connectivity index (χ3n) is 15.0. The smallest absolute Gasteiger partial charge is 0.333 e. The minimum atomic E-state index is -0.224. The number of benzene rings is 8. The average molecular weight is 799 g/mol. The highest BCUT2D eigenvalue weighted by atomic mass is 16.3. The molecule has 0 amide bonds. The Morgan fingerprint density at radius 2 is 1.18 bits per heavy atom. The molecule has 0 unspecified atom stereocenters. The Balaban J connectivity index is 1.24. The van der Waals surface area contributed by atoms with Crippen LogP contribution in [-0.4, -0.2) is 6.85 Å². The summed E-state index contributed by atoms with van der Waals surface area (Å²) in [6.45, 7) is 16.5. The van der Waals surface area contributed by atoms with Crippen molar-refractivity contribution in [3.05, 3.63) is 186 Å². The van der Waals surface area contributed by atoms with Crippen LogP contribution in [0.1, 0.15) is 76.3 Å². The van der Waals surface area contributed by atoms with Crippen LogP contribution in [0.5, 0.6) is 0 Å². The maximum absolute atomic E-state index is 6.81. The van der Waals surface area contributed by atoms with E-state index in [-0.39, 0.29) is 23.1 Å². The Bertz CT molecular complexity index is 3420. The van der Waals surface area contributed by atoms with Gasteiger partial charge in [-0.05, 0) is 96.7 Å². The molecule has 0 spiro atoms. The summed E-state index contributed by atoms with van der Waals surface area (Å²) in [4.78, 5) is 5.33. The first kappa shape index (κ1) is 35.9. The van der Waals surface area contributed by atoms with Gasteiger partial charge in [-0.1, -0.05) is 170 Å². The predicted octanol–water partition coefficient (Wildman–Crippen LogP) is 14.2. The van der Waals surface area contributed by atoms with Crippen LogP contribution in [-0.2, 0) is 16.2 Å². The summed E-state index contributed by atoms with van der Waals surface area (Å²) in [5, 5.41) is 2.29. The van der Waals surface area contributed by atoms with Crippen molar-refractivity contribution in [1.82, 2.24) is 0 Å². The molecule has 0 N–H and O–H groups in total. The minimum Gasteiger partial charge on any atom is -0.456 e. The molecule has 4 heterocycles. The fourth-order valence-electron chi connectivity index (χ4n) is 11.9. The Labute approximate surface area is 364 Å². The summed E-state index contributed by atoms with van der Waals surface area (Å²) >= 11 is 0. The molecule has 4 heteroatoms. The van der Waals surface area contributed by atoms with Gasteiger partial charge in [0, 0.05) is 61.5 Å². The molecule has 0 radical (unpaired) electrons. The van der Waals surface area contributed by atoms with E-state index in [0.29, 0.717) is 0 Å². The molecule has 1 aromatic heterocycles. The van der Waals surface area contributed by atoms with Crippen LogP contribution in [0.2, 0.25) is 0 Å². The van der Waals surface area contributed by atoms with Crippen LogP contribution >= 0.6 is 0 Å². The molecule has 62 heavy (non-hydrogen) atoms. The molecule has 13 rings (SSSR count). The molecule has 0 saturated carbocycles. The third kappa shape index (κ3) is 4.52. The Kier molecular flexibility index (Phi) is 6.94. The topological polar surface area (TPSA) is 19.6 Å². The van der Waals surface area contributed by atoms with Gasteiger partial charge < -0.3 is 14.1 Å². The molecule has 4 aliphatic rings. The van der Waals surface area contributed by atoms with Crippen molar-refractivity contribution in [3.8, 4) is 33.4 Å². The lowest BCUT2D eigenvalue weighted by Gasteiger charge is -2.51. The van der Waals surface area contributed by atoms with Gasteiger partial charge in [-0.2, -0.15) is 0 Å². The maximum Gasteiger partial charge on any atom is 0.333 e. The first-order chi connectivity index (χ1) is 29.9. The number of hydrogen-bond acceptors (Lipinski definition) is 3. The quantitative estimate of drug-likeness (QED) is 0.162. The summed E-state index contributed by atoms with van der Waals surface area (Å²) in [5.41, 5.74) is 24.7. The number of furan rings is 1. The SMILES string of the molecule is CC(C)(C)c1ccc(N2c3cc4oc5ccccc5c4cc3B3c4c2cc2c(c4-c4cccc5c4N3c3ccccc3C5(C)C)-c3ccccc3C2(C)C)c(-c2ccccc2)c1. The summed E-state index contributed by atoms with van der Waals surface area (Å²) in [5.74, 6) is 0. The normalized spacial score (nSPS) is 15.8. The molecule has 0 saturated heterocycles. The highest BCUT2D eigenvalue weighted by Gasteiger charge is 2.53. The number of nitrogens with zero attached hydrogens (tertiary/aromatic N) is 2. The molecule has 3 nitrogen and oxygen atoms in total. The second-order valence-corrected chi connectivity index (χ2v) is 20.1. The lowest BCUT2D eigenvalue weighted by atomic mass is 9.42. The van der Waals surface area contributed by atoms with Crippen LogP contribution in [0, 0.1) is 0 Å². The Morgan fingerprint density at radius 1 is 0.484 bits per heavy atom. The molecule has 0 atom stereocenters. The highest BCUT2D eigenvalue weighted by molar-refractivity contribution is 6.94. The second-order valence-electron chi connectivity index (χ2n) is 20.1. The van der Waals surface area contributed by atoms with E-state index in [1.165, 1.54) is 89.2 Å². The summed E-state index contributed by atoms with van der Waals surface area (Å²) in [6.07, 6.45) is 0. The standard InChI is InChI=1S/C58H47BN2O/c1-56(2,3)35-28-29-46(39(30-35)34-18-9-8-10-19-34)60-48-33-51-40(36-20-12-16-27-50(36)62-51)31-45(48)59-54-49(60)32-44-52(37-21-11-13-23-41(37)57(44,4)5)53(54)38-22-17-25-43-55(38)61(59)47-26-15-14-24-42(47)58(43,6)7/h8-33H,1-7H3. The lowest BCUT2D eigenvalue weighted by molar-refractivity contribution is 0.590. The fourth-order valence-corrected chi connectivity index (χ4v) is 11.9. The lowest BCUT2D eigenvalue weighted by Crippen LogP contribution is -2.63. The number of rotatable bonds is 2. The van der Waals surface area contributed by atoms with E-state index in [4.69, 9.17) is 4.42 Å². The van der Waals surface area contributed by atoms with Crippen LogP contribution in [0.15, 0.2) is 162 Å². The van der Waals surface area contributed by atoms with E-state index in [0.717, 1.165) is 33.3 Å². The van der Waals surface area contributed by atoms with E-state index < -0.39 is 0 Å². The molecule has 0 fully saturated rings. The summed E-state index contributed by atoms with van der Waals surface area (Å²) < 4.78 is 6.81. The van der Waals surface area contributed by atoms with E-state index in [1.54, 1.807) is 0 Å². The molecular weight excluding hydrogens is 751 g/mol. The number of fused-ring (bicyclic) bond motifs is 13. The van der Waals surface area contributed by atoms with Gasteiger partial charge in [-0.25, -0.2) is 0 Å². The second kappa shape index (κ2) is 12.0. The predicted molar refractivity (Wildman–Crippen MR) is 261 cm³/mol. The molecule has 8 aromatic carbocycles. The van der Waals surface area contributed by atoms with Gasteiger partial charge in [0.25, 0.3) is 0 Å². The number of hydrogen-bond donors (Lipinski definition) is 0. The van der Waals surface area contributed by atoms with Gasteiger partial charge >= 0.3 is 6.85 Å². The first-order valence-corrected chi connectivity index (χ1v) is 22.2. The van der Waals surface area contributed by atoms with Crippen LogP contribution in [0.25, 0.3) is 55.3 Å². The van der Waals surface area contributed by atoms with Crippen molar-refractivity contribution in [2.75, 3.05) is 9.71 Å². The van der Waals surface area contributed by atoms with Crippen molar-refractivity contribution in [1.29, 1.82) is 0 Å². The zero-order chi connectivity index (χ0) is 42.0. The first-order valence-electron chi connectivity index (χ1n) is 22.2. The van der Waals surface area contributed by atoms with E-state index >= 15 is 0 Å². The number of anilines is 5. The number of para-hydroxylation sites is 3. The van der Waals surface area contributed by atoms with Crippen molar-refractivity contribution in [3.63, 3.8) is 0 Å². The summed E-state index contributed by atoms with van der Waals surface area (Å²) in [6, 6.07) is 59.6. The largest absolute Gasteiger partial charge is 0.456 e. The van der Waals surface area contributed by atoms with Gasteiger partial charge in [0.05, 0.1) is 5.69 Å². The summed E-state index contributed by atoms with van der Waals surface area (Å²) in [7, 11) is 0. The van der Waals surface area contributed by atoms with Crippen LogP contribution < -0.4 is 20.6 Å². The zero-order valence-electron chi connectivity index (χ0n) is 36.4. The molecule has 3 aliphatic heterocycles. The van der Waals surface area contributed by atoms with Crippen molar-refractivity contribution in [2.24, 2.45) is 0 Å². The molecule has 298 valence electrons. The van der Waals surface area contributed by atoms with Gasteiger partial charge in [-0.15, -0.1) is 0 Å². The Hall–Kier alpha value is -6.78. The maximum atomic E-state index is 6.81. The Morgan fingerprint density at radius 3 is 2.00 bits per heavy atom. The minimum absolute atomic E-state index is 0.0349. The molecular formula is C58H47BN2O. The van der Waals surface area contributed by atoms with Crippen LogP contribution in [0.3, 0.4) is 0 Å². The molecule has 1 aliphatic carbocycles. The van der Waals surface area contributed by atoms with Crippen molar-refractivity contribution >= 4 is 68.1 Å². The molecule has 9 aromatic rings. The monoisotopic (exact) mass is 798 g/mol. The van der Waals surface area contributed by atoms with Crippen LogP contribution in [0.4, 0.5) is 28.4 Å². The van der Waals surface area contributed by atoms with E-state index in [1.807, 2.05) is 0 Å². The zero-order valence-corrected chi connectivity index (χ0v) is 36.4.